The average molecular weight is 607 g/mol. The van der Waals surface area contributed by atoms with Crippen molar-refractivity contribution in [1.29, 1.82) is 0 Å². The highest BCUT2D eigenvalue weighted by atomic mass is 32.1. The Kier molecular flexibility index (Phi) is 8.67. The molecule has 0 saturated carbocycles. The van der Waals surface area contributed by atoms with Crippen LogP contribution in [0.25, 0.3) is 5.76 Å². The van der Waals surface area contributed by atoms with Crippen LogP contribution in [0.1, 0.15) is 46.4 Å². The second-order valence-corrected chi connectivity index (χ2v) is 10.4. The van der Waals surface area contributed by atoms with Gasteiger partial charge in [0.2, 0.25) is 0 Å². The number of thiazole rings is 1. The average Bonchev–Trinajstić information content (AvgIpc) is 3.52. The van der Waals surface area contributed by atoms with E-state index in [1.165, 1.54) is 11.0 Å². The SMILES string of the molecule is C=CCOC(=O)c1sc(N2C(=O)C(=O)C(=C(O)c3ccc4c(c3)OCCO4)[C@H]2c2ccc(OCC)c(OCC)c2)nc1C. The zero-order chi connectivity index (χ0) is 30.7. The summed E-state index contributed by atoms with van der Waals surface area (Å²) in [5.74, 6) is -1.10. The standard InChI is InChI=1S/C31H30N2O9S/c1-5-12-42-30(37)28-17(4)32-31(43-28)33-25(18-8-10-20(38-6-2)22(15-18)39-7-3)24(27(35)29(33)36)26(34)19-9-11-21-23(16-19)41-14-13-40-21/h5,8-11,15-16,25,34H,1,6-7,12-14H2,2-4H3/t25-/m1/s1. The third kappa shape index (κ3) is 5.65. The lowest BCUT2D eigenvalue weighted by Crippen LogP contribution is -2.29. The highest BCUT2D eigenvalue weighted by molar-refractivity contribution is 7.17. The highest BCUT2D eigenvalue weighted by Gasteiger charge is 2.48. The molecule has 43 heavy (non-hydrogen) atoms. The first-order valence-electron chi connectivity index (χ1n) is 13.6. The van der Waals surface area contributed by atoms with Crippen LogP contribution < -0.4 is 23.8 Å². The number of benzene rings is 2. The van der Waals surface area contributed by atoms with Gasteiger partial charge < -0.3 is 28.8 Å². The lowest BCUT2D eigenvalue weighted by atomic mass is 9.95. The van der Waals surface area contributed by atoms with Gasteiger partial charge in [0, 0.05) is 5.56 Å². The summed E-state index contributed by atoms with van der Waals surface area (Å²) >= 11 is 0.910. The first kappa shape index (κ1) is 29.6. The van der Waals surface area contributed by atoms with E-state index >= 15 is 0 Å². The molecule has 1 fully saturated rings. The number of aryl methyl sites for hydroxylation is 1. The molecule has 224 valence electrons. The number of hydrogen-bond donors (Lipinski definition) is 1. The number of amides is 1. The van der Waals surface area contributed by atoms with Crippen molar-refractivity contribution in [2.24, 2.45) is 0 Å². The van der Waals surface area contributed by atoms with Gasteiger partial charge in [0.25, 0.3) is 5.78 Å². The molecule has 0 aliphatic carbocycles. The molecule has 1 aromatic heterocycles. The van der Waals surface area contributed by atoms with E-state index in [9.17, 15) is 19.5 Å². The molecule has 0 spiro atoms. The lowest BCUT2D eigenvalue weighted by molar-refractivity contribution is -0.132. The first-order valence-corrected chi connectivity index (χ1v) is 14.5. The molecule has 5 rings (SSSR count). The second kappa shape index (κ2) is 12.6. The first-order chi connectivity index (χ1) is 20.8. The van der Waals surface area contributed by atoms with Gasteiger partial charge >= 0.3 is 11.9 Å². The molecule has 1 atom stereocenters. The number of esters is 1. The van der Waals surface area contributed by atoms with Crippen LogP contribution in [-0.2, 0) is 14.3 Å². The van der Waals surface area contributed by atoms with E-state index < -0.39 is 29.5 Å². The summed E-state index contributed by atoms with van der Waals surface area (Å²) in [6.07, 6.45) is 1.44. The van der Waals surface area contributed by atoms with E-state index in [0.717, 1.165) is 11.3 Å². The molecule has 2 aliphatic rings. The number of hydrogen-bond acceptors (Lipinski definition) is 11. The Balaban J connectivity index is 1.68. The van der Waals surface area contributed by atoms with Crippen molar-refractivity contribution in [2.45, 2.75) is 26.8 Å². The number of carbonyl (C=O) groups is 3. The number of aliphatic hydroxyl groups is 1. The Hall–Kier alpha value is -4.84. The third-order valence-corrected chi connectivity index (χ3v) is 7.79. The van der Waals surface area contributed by atoms with Crippen LogP contribution in [0.4, 0.5) is 5.13 Å². The summed E-state index contributed by atoms with van der Waals surface area (Å²) in [6.45, 7) is 10.3. The molecule has 3 heterocycles. The van der Waals surface area contributed by atoms with E-state index in [0.29, 0.717) is 60.7 Å². The number of fused-ring (bicyclic) bond motifs is 1. The van der Waals surface area contributed by atoms with Crippen molar-refractivity contribution in [3.63, 3.8) is 0 Å². The molecule has 12 heteroatoms. The molecule has 1 saturated heterocycles. The van der Waals surface area contributed by atoms with Crippen LogP contribution in [0.15, 0.2) is 54.6 Å². The van der Waals surface area contributed by atoms with E-state index in [2.05, 4.69) is 11.6 Å². The molecule has 1 N–H and O–H groups in total. The Morgan fingerprint density at radius 1 is 1.09 bits per heavy atom. The molecule has 11 nitrogen and oxygen atoms in total. The Bertz CT molecular complexity index is 1630. The van der Waals surface area contributed by atoms with Crippen molar-refractivity contribution < 1.29 is 43.2 Å². The Labute approximate surface area is 251 Å². The lowest BCUT2D eigenvalue weighted by Gasteiger charge is -2.24. The van der Waals surface area contributed by atoms with Gasteiger partial charge in [0.15, 0.2) is 28.1 Å². The molecular weight excluding hydrogens is 576 g/mol. The quantitative estimate of drug-likeness (QED) is 0.111. The van der Waals surface area contributed by atoms with Crippen molar-refractivity contribution in [3.05, 3.63) is 76.3 Å². The summed E-state index contributed by atoms with van der Waals surface area (Å²) < 4.78 is 27.9. The van der Waals surface area contributed by atoms with E-state index in [1.54, 1.807) is 43.3 Å². The number of aromatic nitrogens is 1. The number of carbonyl (C=O) groups excluding carboxylic acids is 3. The minimum atomic E-state index is -1.12. The zero-order valence-corrected chi connectivity index (χ0v) is 24.7. The fraction of sp³-hybridized carbons (Fsp3) is 0.290. The number of Topliss-reactive ketones (excluding diaryl/α,β-unsaturated/α-hetero) is 1. The van der Waals surface area contributed by atoms with Gasteiger partial charge in [-0.05, 0) is 56.7 Å². The van der Waals surface area contributed by atoms with Gasteiger partial charge in [-0.15, -0.1) is 0 Å². The van der Waals surface area contributed by atoms with Gasteiger partial charge in [-0.2, -0.15) is 0 Å². The summed E-state index contributed by atoms with van der Waals surface area (Å²) in [7, 11) is 0. The minimum Gasteiger partial charge on any atom is -0.507 e. The van der Waals surface area contributed by atoms with Gasteiger partial charge in [-0.25, -0.2) is 9.78 Å². The van der Waals surface area contributed by atoms with Crippen LogP contribution >= 0.6 is 11.3 Å². The minimum absolute atomic E-state index is 0.00205. The van der Waals surface area contributed by atoms with Crippen LogP contribution in [0.5, 0.6) is 23.0 Å². The summed E-state index contributed by atoms with van der Waals surface area (Å²) in [5, 5.41) is 11.7. The summed E-state index contributed by atoms with van der Waals surface area (Å²) in [4.78, 5) is 45.8. The zero-order valence-electron chi connectivity index (χ0n) is 23.9. The molecular formula is C31H30N2O9S. The van der Waals surface area contributed by atoms with E-state index in [-0.39, 0.29) is 27.8 Å². The number of anilines is 1. The predicted octanol–water partition coefficient (Wildman–Crippen LogP) is 4.99. The molecule has 2 aliphatic heterocycles. The molecule has 0 radical (unpaired) electrons. The maximum Gasteiger partial charge on any atom is 0.350 e. The highest BCUT2D eigenvalue weighted by Crippen LogP contribution is 2.46. The molecule has 3 aromatic rings. The number of aliphatic hydroxyl groups excluding tert-OH is 1. The summed E-state index contributed by atoms with van der Waals surface area (Å²) in [6, 6.07) is 8.68. The number of rotatable bonds is 10. The largest absolute Gasteiger partial charge is 0.507 e. The maximum atomic E-state index is 13.7. The fourth-order valence-corrected chi connectivity index (χ4v) is 5.79. The Morgan fingerprint density at radius 3 is 2.53 bits per heavy atom. The predicted molar refractivity (Wildman–Crippen MR) is 158 cm³/mol. The van der Waals surface area contributed by atoms with Crippen LogP contribution in [0, 0.1) is 6.92 Å². The fourth-order valence-electron chi connectivity index (χ4n) is 4.80. The van der Waals surface area contributed by atoms with E-state index in [1.807, 2.05) is 13.8 Å². The monoisotopic (exact) mass is 606 g/mol. The van der Waals surface area contributed by atoms with Crippen molar-refractivity contribution in [3.8, 4) is 23.0 Å². The number of nitrogens with zero attached hydrogens (tertiary/aromatic N) is 2. The topological polar surface area (TPSA) is 134 Å². The van der Waals surface area contributed by atoms with Crippen molar-refractivity contribution >= 4 is 39.9 Å². The molecule has 2 aromatic carbocycles. The maximum absolute atomic E-state index is 13.7. The Morgan fingerprint density at radius 2 is 1.81 bits per heavy atom. The van der Waals surface area contributed by atoms with Gasteiger partial charge in [0.05, 0.1) is 30.5 Å². The van der Waals surface area contributed by atoms with Crippen LogP contribution in [-0.4, -0.2) is 60.8 Å². The normalized spacial score (nSPS) is 17.1. The number of ketones is 1. The molecule has 0 unspecified atom stereocenters. The molecule has 0 bridgehead atoms. The van der Waals surface area contributed by atoms with Crippen LogP contribution in [0.3, 0.4) is 0 Å². The van der Waals surface area contributed by atoms with E-state index in [4.69, 9.17) is 23.7 Å². The van der Waals surface area contributed by atoms with Gasteiger partial charge in [0.1, 0.15) is 30.5 Å². The third-order valence-electron chi connectivity index (χ3n) is 6.65. The second-order valence-electron chi connectivity index (χ2n) is 9.40. The number of ether oxygens (including phenoxy) is 5. The van der Waals surface area contributed by atoms with Gasteiger partial charge in [-0.3, -0.25) is 14.5 Å². The van der Waals surface area contributed by atoms with Crippen molar-refractivity contribution in [1.82, 2.24) is 4.98 Å². The summed E-state index contributed by atoms with van der Waals surface area (Å²) in [5.41, 5.74) is 0.862. The molecule has 1 amide bonds. The van der Waals surface area contributed by atoms with Gasteiger partial charge in [-0.1, -0.05) is 30.1 Å². The van der Waals surface area contributed by atoms with Crippen molar-refractivity contribution in [2.75, 3.05) is 37.9 Å². The van der Waals surface area contributed by atoms with Crippen LogP contribution in [0.2, 0.25) is 0 Å². The smallest absolute Gasteiger partial charge is 0.350 e.